The molecule has 2 aromatic carbocycles. The van der Waals surface area contributed by atoms with Crippen LogP contribution in [0.15, 0.2) is 53.5 Å². The van der Waals surface area contributed by atoms with E-state index in [1.54, 1.807) is 25.3 Å². The van der Waals surface area contributed by atoms with Gasteiger partial charge in [-0.3, -0.25) is 4.99 Å². The van der Waals surface area contributed by atoms with Crippen molar-refractivity contribution in [1.29, 1.82) is 0 Å². The van der Waals surface area contributed by atoms with Gasteiger partial charge < -0.3 is 4.74 Å². The molecule has 0 unspecified atom stereocenters. The quantitative estimate of drug-likeness (QED) is 0.737. The third kappa shape index (κ3) is 2.91. The first-order chi connectivity index (χ1) is 8.29. The summed E-state index contributed by atoms with van der Waals surface area (Å²) in [5.74, 6) is 0.500. The topological polar surface area (TPSA) is 21.6 Å². The molecule has 0 heterocycles. The molecular weight excluding hydrogens is 217 g/mol. The van der Waals surface area contributed by atoms with Crippen LogP contribution in [0.2, 0.25) is 0 Å². The lowest BCUT2D eigenvalue weighted by Gasteiger charge is -1.99. The van der Waals surface area contributed by atoms with Crippen molar-refractivity contribution in [3.05, 3.63) is 59.9 Å². The second-order valence-electron chi connectivity index (χ2n) is 3.48. The maximum Gasteiger partial charge on any atom is 0.131 e. The Labute approximate surface area is 99.4 Å². The molecule has 0 spiro atoms. The van der Waals surface area contributed by atoms with Gasteiger partial charge in [0.05, 0.1) is 12.8 Å². The highest BCUT2D eigenvalue weighted by atomic mass is 19.1. The summed E-state index contributed by atoms with van der Waals surface area (Å²) in [6.45, 7) is 0. The van der Waals surface area contributed by atoms with E-state index in [4.69, 9.17) is 4.74 Å². The number of halogens is 1. The summed E-state index contributed by atoms with van der Waals surface area (Å²) in [5.41, 5.74) is 1.23. The van der Waals surface area contributed by atoms with E-state index in [1.165, 1.54) is 12.3 Å². The summed E-state index contributed by atoms with van der Waals surface area (Å²) in [4.78, 5) is 4.19. The molecule has 2 nitrogen and oxygen atoms in total. The van der Waals surface area contributed by atoms with Crippen molar-refractivity contribution in [1.82, 2.24) is 0 Å². The van der Waals surface area contributed by atoms with Crippen molar-refractivity contribution in [2.45, 2.75) is 0 Å². The van der Waals surface area contributed by atoms with E-state index >= 15 is 0 Å². The van der Waals surface area contributed by atoms with E-state index in [0.29, 0.717) is 5.56 Å². The fourth-order valence-corrected chi connectivity index (χ4v) is 1.39. The van der Waals surface area contributed by atoms with Crippen LogP contribution in [0.1, 0.15) is 5.56 Å². The molecule has 0 bridgehead atoms. The Kier molecular flexibility index (Phi) is 3.50. The minimum Gasteiger partial charge on any atom is -0.497 e. The zero-order valence-corrected chi connectivity index (χ0v) is 9.43. The number of hydrogen-bond donors (Lipinski definition) is 0. The molecule has 2 rings (SSSR count). The third-order valence-corrected chi connectivity index (χ3v) is 2.33. The number of aliphatic imine (C=N–C) groups is 1. The van der Waals surface area contributed by atoms with E-state index in [-0.39, 0.29) is 5.82 Å². The normalized spacial score (nSPS) is 10.7. The van der Waals surface area contributed by atoms with Crippen LogP contribution in [0.3, 0.4) is 0 Å². The lowest BCUT2D eigenvalue weighted by atomic mass is 10.2. The SMILES string of the molecule is COc1ccc(N=Cc2ccccc2F)cc1. The first kappa shape index (κ1) is 11.3. The first-order valence-corrected chi connectivity index (χ1v) is 5.22. The molecule has 0 aromatic heterocycles. The van der Waals surface area contributed by atoms with E-state index in [1.807, 2.05) is 24.3 Å². The molecule has 0 radical (unpaired) electrons. The number of methoxy groups -OCH3 is 1. The van der Waals surface area contributed by atoms with Gasteiger partial charge in [-0.05, 0) is 30.3 Å². The monoisotopic (exact) mass is 229 g/mol. The molecule has 0 N–H and O–H groups in total. The van der Waals surface area contributed by atoms with Gasteiger partial charge in [0.25, 0.3) is 0 Å². The maximum atomic E-state index is 13.3. The average Bonchev–Trinajstić information content (AvgIpc) is 2.38. The van der Waals surface area contributed by atoms with Crippen LogP contribution >= 0.6 is 0 Å². The van der Waals surface area contributed by atoms with Crippen LogP contribution in [-0.4, -0.2) is 13.3 Å². The number of nitrogens with zero attached hydrogens (tertiary/aromatic N) is 1. The van der Waals surface area contributed by atoms with Gasteiger partial charge in [0.15, 0.2) is 0 Å². The molecule has 0 fully saturated rings. The standard InChI is InChI=1S/C14H12FNO/c1-17-13-8-6-12(7-9-13)16-10-11-4-2-3-5-14(11)15/h2-10H,1H3. The largest absolute Gasteiger partial charge is 0.497 e. The van der Waals surface area contributed by atoms with Crippen molar-refractivity contribution >= 4 is 11.9 Å². The smallest absolute Gasteiger partial charge is 0.131 e. The van der Waals surface area contributed by atoms with Crippen molar-refractivity contribution in [2.75, 3.05) is 7.11 Å². The number of hydrogen-bond acceptors (Lipinski definition) is 2. The number of benzene rings is 2. The Morgan fingerprint density at radius 1 is 1.06 bits per heavy atom. The summed E-state index contributed by atoms with van der Waals surface area (Å²) >= 11 is 0. The Bertz CT molecular complexity index is 520. The van der Waals surface area contributed by atoms with Crippen LogP contribution < -0.4 is 4.74 Å². The highest BCUT2D eigenvalue weighted by Crippen LogP contribution is 2.17. The van der Waals surface area contributed by atoms with Crippen molar-refractivity contribution < 1.29 is 9.13 Å². The van der Waals surface area contributed by atoms with Crippen molar-refractivity contribution in [3.8, 4) is 5.75 Å². The van der Waals surface area contributed by atoms with Gasteiger partial charge in [-0.2, -0.15) is 0 Å². The predicted molar refractivity (Wildman–Crippen MR) is 66.6 cm³/mol. The Balaban J connectivity index is 2.17. The van der Waals surface area contributed by atoms with Crippen molar-refractivity contribution in [3.63, 3.8) is 0 Å². The zero-order valence-electron chi connectivity index (χ0n) is 9.43. The molecule has 2 aromatic rings. The van der Waals surface area contributed by atoms with Crippen LogP contribution in [0.25, 0.3) is 0 Å². The third-order valence-electron chi connectivity index (χ3n) is 2.33. The summed E-state index contributed by atoms with van der Waals surface area (Å²) in [7, 11) is 1.61. The highest BCUT2D eigenvalue weighted by molar-refractivity contribution is 5.82. The van der Waals surface area contributed by atoms with Gasteiger partial charge in [0.2, 0.25) is 0 Å². The van der Waals surface area contributed by atoms with Gasteiger partial charge in [0.1, 0.15) is 11.6 Å². The van der Waals surface area contributed by atoms with Gasteiger partial charge in [-0.1, -0.05) is 18.2 Å². The molecule has 0 atom stereocenters. The Hall–Kier alpha value is -2.16. The molecule has 0 aliphatic rings. The Morgan fingerprint density at radius 3 is 2.41 bits per heavy atom. The molecular formula is C14H12FNO. The Morgan fingerprint density at radius 2 is 1.76 bits per heavy atom. The van der Waals surface area contributed by atoms with Gasteiger partial charge in [-0.15, -0.1) is 0 Å². The van der Waals surface area contributed by atoms with Gasteiger partial charge in [-0.25, -0.2) is 4.39 Å². The van der Waals surface area contributed by atoms with Crippen LogP contribution in [-0.2, 0) is 0 Å². The summed E-state index contributed by atoms with van der Waals surface area (Å²) in [6, 6.07) is 13.8. The summed E-state index contributed by atoms with van der Waals surface area (Å²) in [5, 5.41) is 0. The molecule has 17 heavy (non-hydrogen) atoms. The highest BCUT2D eigenvalue weighted by Gasteiger charge is 1.96. The molecule has 3 heteroatoms. The zero-order chi connectivity index (χ0) is 12.1. The second kappa shape index (κ2) is 5.25. The van der Waals surface area contributed by atoms with Crippen LogP contribution in [0.5, 0.6) is 5.75 Å². The summed E-state index contributed by atoms with van der Waals surface area (Å²) < 4.78 is 18.3. The van der Waals surface area contributed by atoms with Crippen LogP contribution in [0.4, 0.5) is 10.1 Å². The lowest BCUT2D eigenvalue weighted by Crippen LogP contribution is -1.86. The van der Waals surface area contributed by atoms with Gasteiger partial charge in [0, 0.05) is 11.8 Å². The molecule has 86 valence electrons. The van der Waals surface area contributed by atoms with E-state index in [0.717, 1.165) is 11.4 Å². The molecule has 0 amide bonds. The average molecular weight is 229 g/mol. The van der Waals surface area contributed by atoms with Crippen molar-refractivity contribution in [2.24, 2.45) is 4.99 Å². The number of rotatable bonds is 3. The molecule has 0 saturated carbocycles. The first-order valence-electron chi connectivity index (χ1n) is 5.22. The molecule has 0 aliphatic heterocycles. The van der Waals surface area contributed by atoms with E-state index < -0.39 is 0 Å². The summed E-state index contributed by atoms with van der Waals surface area (Å²) in [6.07, 6.45) is 1.51. The lowest BCUT2D eigenvalue weighted by molar-refractivity contribution is 0.415. The minimum absolute atomic E-state index is 0.273. The predicted octanol–water partition coefficient (Wildman–Crippen LogP) is 3.58. The fraction of sp³-hybridized carbons (Fsp3) is 0.0714. The molecule has 0 saturated heterocycles. The maximum absolute atomic E-state index is 13.3. The fourth-order valence-electron chi connectivity index (χ4n) is 1.39. The van der Waals surface area contributed by atoms with E-state index in [9.17, 15) is 4.39 Å². The van der Waals surface area contributed by atoms with E-state index in [2.05, 4.69) is 4.99 Å². The number of ether oxygens (including phenoxy) is 1. The van der Waals surface area contributed by atoms with Gasteiger partial charge >= 0.3 is 0 Å². The minimum atomic E-state index is -0.273. The molecule has 0 aliphatic carbocycles. The second-order valence-corrected chi connectivity index (χ2v) is 3.48. The van der Waals surface area contributed by atoms with Crippen LogP contribution in [0, 0.1) is 5.82 Å².